The molecule has 0 saturated carbocycles. The van der Waals surface area contributed by atoms with E-state index in [1.54, 1.807) is 54.6 Å². The monoisotopic (exact) mass is 412 g/mol. The lowest BCUT2D eigenvalue weighted by Crippen LogP contribution is -2.26. The van der Waals surface area contributed by atoms with E-state index in [1.165, 1.54) is 29.6 Å². The van der Waals surface area contributed by atoms with Gasteiger partial charge in [0.05, 0.1) is 4.90 Å². The molecule has 0 aliphatic rings. The van der Waals surface area contributed by atoms with Crippen LogP contribution in [0.1, 0.15) is 21.5 Å². The Bertz CT molecular complexity index is 1110. The number of hydrogen-bond donors (Lipinski definition) is 1. The first-order valence-electron chi connectivity index (χ1n) is 8.94. The molecule has 0 radical (unpaired) electrons. The Hall–Kier alpha value is -3.03. The number of nitrogens with one attached hydrogen (secondary N) is 1. The first kappa shape index (κ1) is 20.7. The third-order valence-electron chi connectivity index (χ3n) is 4.43. The summed E-state index contributed by atoms with van der Waals surface area (Å²) >= 11 is 0. The van der Waals surface area contributed by atoms with Crippen LogP contribution in [-0.4, -0.2) is 25.7 Å². The van der Waals surface area contributed by atoms with Crippen molar-refractivity contribution in [2.45, 2.75) is 18.4 Å². The summed E-state index contributed by atoms with van der Waals surface area (Å²) in [7, 11) is -2.09. The van der Waals surface area contributed by atoms with Crippen LogP contribution in [0, 0.1) is 12.7 Å². The zero-order valence-electron chi connectivity index (χ0n) is 16.1. The van der Waals surface area contributed by atoms with Gasteiger partial charge in [-0.15, -0.1) is 0 Å². The van der Waals surface area contributed by atoms with Gasteiger partial charge in [-0.3, -0.25) is 4.79 Å². The molecule has 1 N–H and O–H groups in total. The molecule has 0 aliphatic heterocycles. The second kappa shape index (κ2) is 8.55. The first-order chi connectivity index (χ1) is 13.8. The highest BCUT2D eigenvalue weighted by molar-refractivity contribution is 7.89. The number of aryl methyl sites for hydroxylation is 1. The topological polar surface area (TPSA) is 66.5 Å². The van der Waals surface area contributed by atoms with Crippen LogP contribution in [0.4, 0.5) is 10.1 Å². The molecule has 7 heteroatoms. The van der Waals surface area contributed by atoms with E-state index in [4.69, 9.17) is 0 Å². The standard InChI is InChI=1S/C22H21FN2O3S/c1-16-6-12-21(13-7-16)29(27,28)25(2)15-17-8-10-18(11-9-17)22(26)24-20-5-3-4-19(23)14-20/h3-14H,15H2,1-2H3,(H,24,26). The van der Waals surface area contributed by atoms with Gasteiger partial charge in [0.2, 0.25) is 10.0 Å². The molecule has 3 aromatic rings. The quantitative estimate of drug-likeness (QED) is 0.660. The van der Waals surface area contributed by atoms with Crippen LogP contribution < -0.4 is 5.32 Å². The molecule has 150 valence electrons. The van der Waals surface area contributed by atoms with Gasteiger partial charge in [-0.25, -0.2) is 12.8 Å². The first-order valence-corrected chi connectivity index (χ1v) is 10.4. The summed E-state index contributed by atoms with van der Waals surface area (Å²) in [4.78, 5) is 12.5. The molecule has 0 spiro atoms. The Morgan fingerprint density at radius 2 is 1.66 bits per heavy atom. The van der Waals surface area contributed by atoms with E-state index in [9.17, 15) is 17.6 Å². The number of amides is 1. The van der Waals surface area contributed by atoms with Crippen molar-refractivity contribution in [3.05, 3.63) is 95.3 Å². The SMILES string of the molecule is Cc1ccc(S(=O)(=O)N(C)Cc2ccc(C(=O)Nc3cccc(F)c3)cc2)cc1. The van der Waals surface area contributed by atoms with E-state index in [1.807, 2.05) is 6.92 Å². The van der Waals surface area contributed by atoms with Crippen molar-refractivity contribution in [1.29, 1.82) is 0 Å². The molecular formula is C22H21FN2O3S. The van der Waals surface area contributed by atoms with Crippen molar-refractivity contribution < 1.29 is 17.6 Å². The highest BCUT2D eigenvalue weighted by Gasteiger charge is 2.20. The number of anilines is 1. The van der Waals surface area contributed by atoms with Crippen molar-refractivity contribution in [3.63, 3.8) is 0 Å². The van der Waals surface area contributed by atoms with Gasteiger partial charge in [0, 0.05) is 24.8 Å². The van der Waals surface area contributed by atoms with Gasteiger partial charge in [0.1, 0.15) is 5.82 Å². The molecule has 3 rings (SSSR count). The van der Waals surface area contributed by atoms with E-state index >= 15 is 0 Å². The van der Waals surface area contributed by atoms with Gasteiger partial charge < -0.3 is 5.32 Å². The van der Waals surface area contributed by atoms with Gasteiger partial charge in [-0.1, -0.05) is 35.9 Å². The van der Waals surface area contributed by atoms with Crippen molar-refractivity contribution in [1.82, 2.24) is 4.31 Å². The highest BCUT2D eigenvalue weighted by atomic mass is 32.2. The lowest BCUT2D eigenvalue weighted by molar-refractivity contribution is 0.102. The molecular weight excluding hydrogens is 391 g/mol. The molecule has 0 atom stereocenters. The van der Waals surface area contributed by atoms with Gasteiger partial charge >= 0.3 is 0 Å². The minimum Gasteiger partial charge on any atom is -0.322 e. The Balaban J connectivity index is 1.68. The fourth-order valence-corrected chi connectivity index (χ4v) is 3.92. The van der Waals surface area contributed by atoms with Crippen molar-refractivity contribution in [2.75, 3.05) is 12.4 Å². The Morgan fingerprint density at radius 1 is 1.00 bits per heavy atom. The summed E-state index contributed by atoms with van der Waals surface area (Å²) in [6.45, 7) is 2.06. The van der Waals surface area contributed by atoms with E-state index in [0.29, 0.717) is 11.3 Å². The molecule has 0 heterocycles. The molecule has 5 nitrogen and oxygen atoms in total. The Labute approximate surface area is 169 Å². The number of nitrogens with zero attached hydrogens (tertiary/aromatic N) is 1. The second-order valence-corrected chi connectivity index (χ2v) is 8.78. The third-order valence-corrected chi connectivity index (χ3v) is 6.25. The van der Waals surface area contributed by atoms with Gasteiger partial charge in [0.15, 0.2) is 0 Å². The third kappa shape index (κ3) is 5.07. The van der Waals surface area contributed by atoms with E-state index in [0.717, 1.165) is 11.1 Å². The Kier molecular flexibility index (Phi) is 6.10. The van der Waals surface area contributed by atoms with E-state index in [2.05, 4.69) is 5.32 Å². The largest absolute Gasteiger partial charge is 0.322 e. The summed E-state index contributed by atoms with van der Waals surface area (Å²) in [5, 5.41) is 2.62. The van der Waals surface area contributed by atoms with Gasteiger partial charge in [-0.05, 0) is 55.0 Å². The smallest absolute Gasteiger partial charge is 0.255 e. The molecule has 29 heavy (non-hydrogen) atoms. The van der Waals surface area contributed by atoms with E-state index in [-0.39, 0.29) is 17.3 Å². The lowest BCUT2D eigenvalue weighted by Gasteiger charge is -2.17. The van der Waals surface area contributed by atoms with Crippen LogP contribution in [0.3, 0.4) is 0 Å². The van der Waals surface area contributed by atoms with E-state index < -0.39 is 15.8 Å². The van der Waals surface area contributed by atoms with Crippen molar-refractivity contribution in [2.24, 2.45) is 0 Å². The average Bonchev–Trinajstić information content (AvgIpc) is 2.69. The van der Waals surface area contributed by atoms with Crippen LogP contribution in [0.2, 0.25) is 0 Å². The molecule has 0 unspecified atom stereocenters. The maximum atomic E-state index is 13.2. The zero-order valence-corrected chi connectivity index (χ0v) is 16.9. The van der Waals surface area contributed by atoms with Crippen LogP contribution in [0.15, 0.2) is 77.7 Å². The molecule has 0 aromatic heterocycles. The van der Waals surface area contributed by atoms with Crippen LogP contribution in [-0.2, 0) is 16.6 Å². The van der Waals surface area contributed by atoms with Crippen LogP contribution in [0.25, 0.3) is 0 Å². The number of carbonyl (C=O) groups excluding carboxylic acids is 1. The lowest BCUT2D eigenvalue weighted by atomic mass is 10.1. The number of sulfonamides is 1. The zero-order chi connectivity index (χ0) is 21.0. The number of carbonyl (C=O) groups is 1. The molecule has 0 fully saturated rings. The fraction of sp³-hybridized carbons (Fsp3) is 0.136. The summed E-state index contributed by atoms with van der Waals surface area (Å²) in [5.74, 6) is -0.807. The van der Waals surface area contributed by atoms with Crippen LogP contribution in [0.5, 0.6) is 0 Å². The van der Waals surface area contributed by atoms with Crippen molar-refractivity contribution in [3.8, 4) is 0 Å². The Morgan fingerprint density at radius 3 is 2.28 bits per heavy atom. The summed E-state index contributed by atoms with van der Waals surface area (Å²) in [5.41, 5.74) is 2.48. The number of halogens is 1. The predicted octanol–water partition coefficient (Wildman–Crippen LogP) is 4.21. The average molecular weight is 412 g/mol. The van der Waals surface area contributed by atoms with Gasteiger partial charge in [0.25, 0.3) is 5.91 Å². The summed E-state index contributed by atoms with van der Waals surface area (Å²) in [6.07, 6.45) is 0. The molecule has 3 aromatic carbocycles. The summed E-state index contributed by atoms with van der Waals surface area (Å²) < 4.78 is 39.9. The maximum absolute atomic E-state index is 13.2. The van der Waals surface area contributed by atoms with Crippen molar-refractivity contribution >= 4 is 21.6 Å². The van der Waals surface area contributed by atoms with Gasteiger partial charge in [-0.2, -0.15) is 4.31 Å². The van der Waals surface area contributed by atoms with Crippen LogP contribution >= 0.6 is 0 Å². The molecule has 0 bridgehead atoms. The maximum Gasteiger partial charge on any atom is 0.255 e. The molecule has 0 saturated heterocycles. The molecule has 0 aliphatic carbocycles. The fourth-order valence-electron chi connectivity index (χ4n) is 2.76. The minimum absolute atomic E-state index is 0.169. The normalized spacial score (nSPS) is 11.4. The molecule has 1 amide bonds. The highest BCUT2D eigenvalue weighted by Crippen LogP contribution is 2.18. The number of rotatable bonds is 6. The number of benzene rings is 3. The summed E-state index contributed by atoms with van der Waals surface area (Å²) in [6, 6.07) is 18.9. The predicted molar refractivity (Wildman–Crippen MR) is 111 cm³/mol. The number of hydrogen-bond acceptors (Lipinski definition) is 3. The second-order valence-electron chi connectivity index (χ2n) is 6.74. The minimum atomic E-state index is -3.61.